The maximum atomic E-state index is 11.9. The molecule has 2 fully saturated rings. The smallest absolute Gasteiger partial charge is 0.225 e. The SMILES string of the molecule is O=C(C1CC1)N1CCC(NCc2cc[nH]c2)CC1. The van der Waals surface area contributed by atoms with E-state index in [2.05, 4.69) is 21.3 Å². The summed E-state index contributed by atoms with van der Waals surface area (Å²) in [6.45, 7) is 2.78. The highest BCUT2D eigenvalue weighted by atomic mass is 16.2. The first-order chi connectivity index (χ1) is 8.83. The van der Waals surface area contributed by atoms with Gasteiger partial charge in [-0.2, -0.15) is 0 Å². The van der Waals surface area contributed by atoms with Crippen molar-refractivity contribution in [1.82, 2.24) is 15.2 Å². The number of carbonyl (C=O) groups excluding carboxylic acids is 1. The van der Waals surface area contributed by atoms with Crippen molar-refractivity contribution in [2.24, 2.45) is 5.92 Å². The zero-order valence-electron chi connectivity index (χ0n) is 10.7. The van der Waals surface area contributed by atoms with Crippen molar-refractivity contribution in [3.8, 4) is 0 Å². The largest absolute Gasteiger partial charge is 0.367 e. The van der Waals surface area contributed by atoms with Crippen LogP contribution in [0.3, 0.4) is 0 Å². The van der Waals surface area contributed by atoms with Gasteiger partial charge >= 0.3 is 0 Å². The van der Waals surface area contributed by atoms with Gasteiger partial charge in [-0.05, 0) is 37.3 Å². The van der Waals surface area contributed by atoms with E-state index in [-0.39, 0.29) is 0 Å². The molecule has 1 aromatic rings. The van der Waals surface area contributed by atoms with Crippen LogP contribution in [0.15, 0.2) is 18.5 Å². The van der Waals surface area contributed by atoms with Crippen molar-refractivity contribution >= 4 is 5.91 Å². The summed E-state index contributed by atoms with van der Waals surface area (Å²) in [5, 5.41) is 3.57. The number of nitrogens with zero attached hydrogens (tertiary/aromatic N) is 1. The molecule has 98 valence electrons. The molecule has 1 saturated heterocycles. The minimum Gasteiger partial charge on any atom is -0.367 e. The van der Waals surface area contributed by atoms with E-state index < -0.39 is 0 Å². The summed E-state index contributed by atoms with van der Waals surface area (Å²) in [7, 11) is 0. The number of carbonyl (C=O) groups is 1. The van der Waals surface area contributed by atoms with Crippen LogP contribution < -0.4 is 5.32 Å². The molecule has 18 heavy (non-hydrogen) atoms. The number of piperidine rings is 1. The number of amides is 1. The highest BCUT2D eigenvalue weighted by Gasteiger charge is 2.34. The van der Waals surface area contributed by atoms with E-state index in [1.165, 1.54) is 5.56 Å². The Morgan fingerprint density at radius 1 is 1.33 bits per heavy atom. The first-order valence-electron chi connectivity index (χ1n) is 6.97. The van der Waals surface area contributed by atoms with E-state index in [0.29, 0.717) is 17.9 Å². The molecule has 0 unspecified atom stereocenters. The van der Waals surface area contributed by atoms with Gasteiger partial charge in [-0.25, -0.2) is 0 Å². The molecule has 0 bridgehead atoms. The zero-order chi connectivity index (χ0) is 12.4. The molecule has 2 heterocycles. The zero-order valence-corrected chi connectivity index (χ0v) is 10.7. The van der Waals surface area contributed by atoms with Crippen molar-refractivity contribution in [3.63, 3.8) is 0 Å². The van der Waals surface area contributed by atoms with Crippen LogP contribution >= 0.6 is 0 Å². The molecule has 4 nitrogen and oxygen atoms in total. The van der Waals surface area contributed by atoms with Gasteiger partial charge in [0.1, 0.15) is 0 Å². The van der Waals surface area contributed by atoms with Crippen molar-refractivity contribution in [1.29, 1.82) is 0 Å². The molecule has 3 rings (SSSR count). The third-order valence-corrected chi connectivity index (χ3v) is 3.99. The van der Waals surface area contributed by atoms with Crippen LogP contribution in [-0.4, -0.2) is 34.9 Å². The lowest BCUT2D eigenvalue weighted by Crippen LogP contribution is -2.45. The minimum atomic E-state index is 0.370. The number of hydrogen-bond acceptors (Lipinski definition) is 2. The Hall–Kier alpha value is -1.29. The molecule has 1 aliphatic heterocycles. The average Bonchev–Trinajstić information content (AvgIpc) is 3.13. The number of likely N-dealkylation sites (tertiary alicyclic amines) is 1. The number of aromatic nitrogens is 1. The molecule has 1 amide bonds. The lowest BCUT2D eigenvalue weighted by molar-refractivity contribution is -0.133. The fraction of sp³-hybridized carbons (Fsp3) is 0.643. The number of rotatable bonds is 4. The van der Waals surface area contributed by atoms with Gasteiger partial charge in [0, 0.05) is 44.0 Å². The third kappa shape index (κ3) is 2.75. The molecular weight excluding hydrogens is 226 g/mol. The summed E-state index contributed by atoms with van der Waals surface area (Å²) >= 11 is 0. The maximum absolute atomic E-state index is 11.9. The van der Waals surface area contributed by atoms with Gasteiger partial charge in [-0.3, -0.25) is 4.79 Å². The molecule has 0 atom stereocenters. The van der Waals surface area contributed by atoms with Crippen LogP contribution in [0.5, 0.6) is 0 Å². The molecule has 1 aromatic heterocycles. The van der Waals surface area contributed by atoms with Crippen LogP contribution in [0.25, 0.3) is 0 Å². The Kier molecular flexibility index (Phi) is 3.37. The van der Waals surface area contributed by atoms with Crippen LogP contribution in [0, 0.1) is 5.92 Å². The number of nitrogens with one attached hydrogen (secondary N) is 2. The van der Waals surface area contributed by atoms with Crippen molar-refractivity contribution in [2.75, 3.05) is 13.1 Å². The average molecular weight is 247 g/mol. The van der Waals surface area contributed by atoms with Crippen LogP contribution in [-0.2, 0) is 11.3 Å². The molecule has 1 aliphatic carbocycles. The Labute approximate surface area is 108 Å². The number of H-pyrrole nitrogens is 1. The number of hydrogen-bond donors (Lipinski definition) is 2. The molecule has 2 aliphatic rings. The van der Waals surface area contributed by atoms with E-state index in [0.717, 1.165) is 45.3 Å². The Balaban J connectivity index is 1.41. The second kappa shape index (κ2) is 5.14. The van der Waals surface area contributed by atoms with Crippen molar-refractivity contribution < 1.29 is 4.79 Å². The fourth-order valence-electron chi connectivity index (χ4n) is 2.62. The van der Waals surface area contributed by atoms with Gasteiger partial charge in [0.05, 0.1) is 0 Å². The lowest BCUT2D eigenvalue weighted by atomic mass is 10.0. The van der Waals surface area contributed by atoms with Gasteiger partial charge in [0.2, 0.25) is 5.91 Å². The Morgan fingerprint density at radius 3 is 2.72 bits per heavy atom. The molecular formula is C14H21N3O. The quantitative estimate of drug-likeness (QED) is 0.847. The second-order valence-electron chi connectivity index (χ2n) is 5.47. The predicted octanol–water partition coefficient (Wildman–Crippen LogP) is 1.51. The Bertz CT molecular complexity index is 389. The van der Waals surface area contributed by atoms with E-state index in [1.54, 1.807) is 0 Å². The highest BCUT2D eigenvalue weighted by molar-refractivity contribution is 5.81. The summed E-state index contributed by atoms with van der Waals surface area (Å²) in [4.78, 5) is 17.0. The monoisotopic (exact) mass is 247 g/mol. The van der Waals surface area contributed by atoms with Gasteiger partial charge in [0.15, 0.2) is 0 Å². The summed E-state index contributed by atoms with van der Waals surface area (Å²) in [5.74, 6) is 0.772. The second-order valence-corrected chi connectivity index (χ2v) is 5.47. The summed E-state index contributed by atoms with van der Waals surface area (Å²) in [5.41, 5.74) is 1.30. The van der Waals surface area contributed by atoms with Gasteiger partial charge in [0.25, 0.3) is 0 Å². The van der Waals surface area contributed by atoms with Crippen LogP contribution in [0.1, 0.15) is 31.2 Å². The first kappa shape index (κ1) is 11.8. The minimum absolute atomic E-state index is 0.370. The van der Waals surface area contributed by atoms with Crippen LogP contribution in [0.2, 0.25) is 0 Å². The first-order valence-corrected chi connectivity index (χ1v) is 6.97. The van der Waals surface area contributed by atoms with E-state index in [4.69, 9.17) is 0 Å². The topological polar surface area (TPSA) is 48.1 Å². The molecule has 0 aromatic carbocycles. The van der Waals surface area contributed by atoms with E-state index >= 15 is 0 Å². The van der Waals surface area contributed by atoms with Crippen molar-refractivity contribution in [2.45, 2.75) is 38.3 Å². The lowest BCUT2D eigenvalue weighted by Gasteiger charge is -2.32. The normalized spacial score (nSPS) is 21.2. The summed E-state index contributed by atoms with van der Waals surface area (Å²) in [6.07, 6.45) is 8.38. The molecule has 0 spiro atoms. The predicted molar refractivity (Wildman–Crippen MR) is 70.0 cm³/mol. The van der Waals surface area contributed by atoms with Crippen LogP contribution in [0.4, 0.5) is 0 Å². The number of aromatic amines is 1. The highest BCUT2D eigenvalue weighted by Crippen LogP contribution is 2.31. The maximum Gasteiger partial charge on any atom is 0.225 e. The molecule has 2 N–H and O–H groups in total. The van der Waals surface area contributed by atoms with E-state index in [9.17, 15) is 4.79 Å². The van der Waals surface area contributed by atoms with E-state index in [1.807, 2.05) is 12.4 Å². The van der Waals surface area contributed by atoms with Gasteiger partial charge in [-0.1, -0.05) is 0 Å². The fourth-order valence-corrected chi connectivity index (χ4v) is 2.62. The van der Waals surface area contributed by atoms with Gasteiger partial charge < -0.3 is 15.2 Å². The summed E-state index contributed by atoms with van der Waals surface area (Å²) < 4.78 is 0. The standard InChI is InChI=1S/C14H21N3O/c18-14(12-1-2-12)17-7-4-13(5-8-17)16-10-11-3-6-15-9-11/h3,6,9,12-13,15-16H,1-2,4-5,7-8,10H2. The van der Waals surface area contributed by atoms with Crippen molar-refractivity contribution in [3.05, 3.63) is 24.0 Å². The summed E-state index contributed by atoms with van der Waals surface area (Å²) in [6, 6.07) is 2.65. The Morgan fingerprint density at radius 2 is 2.11 bits per heavy atom. The third-order valence-electron chi connectivity index (χ3n) is 3.99. The van der Waals surface area contributed by atoms with Gasteiger partial charge in [-0.15, -0.1) is 0 Å². The molecule has 1 saturated carbocycles. The molecule has 0 radical (unpaired) electrons. The molecule has 4 heteroatoms.